The van der Waals surface area contributed by atoms with Crippen molar-refractivity contribution in [2.24, 2.45) is 0 Å². The van der Waals surface area contributed by atoms with Crippen LogP contribution in [0.15, 0.2) is 48.5 Å². The molecule has 1 N–H and O–H groups in total. The SMILES string of the molecule is CCOCCOc1ccc(NC(=O)c2ccccc2OC)cc1. The van der Waals surface area contributed by atoms with Gasteiger partial charge in [-0.3, -0.25) is 4.79 Å². The molecule has 0 saturated carbocycles. The van der Waals surface area contributed by atoms with Gasteiger partial charge in [-0.2, -0.15) is 0 Å². The highest BCUT2D eigenvalue weighted by atomic mass is 16.5. The number of methoxy groups -OCH3 is 1. The van der Waals surface area contributed by atoms with Crippen LogP contribution in [0.5, 0.6) is 11.5 Å². The topological polar surface area (TPSA) is 56.8 Å². The number of carbonyl (C=O) groups excluding carboxylic acids is 1. The van der Waals surface area contributed by atoms with Gasteiger partial charge in [-0.1, -0.05) is 12.1 Å². The summed E-state index contributed by atoms with van der Waals surface area (Å²) in [7, 11) is 1.54. The maximum absolute atomic E-state index is 12.3. The molecule has 0 saturated heterocycles. The average molecular weight is 315 g/mol. The normalized spacial score (nSPS) is 10.2. The molecular weight excluding hydrogens is 294 g/mol. The number of nitrogens with one attached hydrogen (secondary N) is 1. The third-order valence-electron chi connectivity index (χ3n) is 3.16. The van der Waals surface area contributed by atoms with E-state index in [1.54, 1.807) is 37.4 Å². The van der Waals surface area contributed by atoms with Crippen molar-refractivity contribution in [3.8, 4) is 11.5 Å². The van der Waals surface area contributed by atoms with Crippen LogP contribution in [-0.2, 0) is 4.74 Å². The zero-order valence-electron chi connectivity index (χ0n) is 13.4. The molecule has 0 unspecified atom stereocenters. The molecule has 23 heavy (non-hydrogen) atoms. The van der Waals surface area contributed by atoms with Gasteiger partial charge in [0.25, 0.3) is 5.91 Å². The highest BCUT2D eigenvalue weighted by molar-refractivity contribution is 6.06. The summed E-state index contributed by atoms with van der Waals surface area (Å²) in [6.45, 7) is 3.68. The quantitative estimate of drug-likeness (QED) is 0.759. The lowest BCUT2D eigenvalue weighted by Crippen LogP contribution is -2.13. The van der Waals surface area contributed by atoms with Gasteiger partial charge in [-0.15, -0.1) is 0 Å². The Bertz CT molecular complexity index is 625. The van der Waals surface area contributed by atoms with Crippen molar-refractivity contribution in [3.63, 3.8) is 0 Å². The monoisotopic (exact) mass is 315 g/mol. The second kappa shape index (κ2) is 8.80. The lowest BCUT2D eigenvalue weighted by atomic mass is 10.2. The molecule has 0 fully saturated rings. The maximum atomic E-state index is 12.3. The Morgan fingerprint density at radius 3 is 2.48 bits per heavy atom. The average Bonchev–Trinajstić information content (AvgIpc) is 2.60. The van der Waals surface area contributed by atoms with E-state index in [4.69, 9.17) is 14.2 Å². The predicted octanol–water partition coefficient (Wildman–Crippen LogP) is 3.36. The van der Waals surface area contributed by atoms with E-state index in [1.165, 1.54) is 0 Å². The first-order valence-corrected chi connectivity index (χ1v) is 7.49. The third-order valence-corrected chi connectivity index (χ3v) is 3.16. The second-order valence-electron chi connectivity index (χ2n) is 4.72. The molecule has 0 atom stereocenters. The minimum Gasteiger partial charge on any atom is -0.496 e. The fraction of sp³-hybridized carbons (Fsp3) is 0.278. The first-order chi connectivity index (χ1) is 11.2. The van der Waals surface area contributed by atoms with Crippen LogP contribution in [0, 0.1) is 0 Å². The maximum Gasteiger partial charge on any atom is 0.259 e. The molecule has 1 amide bonds. The number of hydrogen-bond acceptors (Lipinski definition) is 4. The van der Waals surface area contributed by atoms with E-state index in [1.807, 2.05) is 25.1 Å². The second-order valence-corrected chi connectivity index (χ2v) is 4.72. The third kappa shape index (κ3) is 5.00. The van der Waals surface area contributed by atoms with Crippen molar-refractivity contribution in [2.75, 3.05) is 32.2 Å². The van der Waals surface area contributed by atoms with Crippen LogP contribution in [-0.4, -0.2) is 32.8 Å². The highest BCUT2D eigenvalue weighted by Crippen LogP contribution is 2.20. The Balaban J connectivity index is 1.94. The molecule has 0 aliphatic rings. The van der Waals surface area contributed by atoms with Crippen LogP contribution in [0.3, 0.4) is 0 Å². The molecule has 0 heterocycles. The van der Waals surface area contributed by atoms with Gasteiger partial charge in [-0.25, -0.2) is 0 Å². The largest absolute Gasteiger partial charge is 0.496 e. The summed E-state index contributed by atoms with van der Waals surface area (Å²) in [4.78, 5) is 12.3. The van der Waals surface area contributed by atoms with E-state index in [-0.39, 0.29) is 5.91 Å². The van der Waals surface area contributed by atoms with Crippen molar-refractivity contribution in [1.29, 1.82) is 0 Å². The van der Waals surface area contributed by atoms with Gasteiger partial charge in [0.15, 0.2) is 0 Å². The first kappa shape index (κ1) is 16.8. The number of amides is 1. The molecule has 122 valence electrons. The van der Waals surface area contributed by atoms with E-state index in [0.717, 1.165) is 5.75 Å². The molecule has 0 aliphatic carbocycles. The smallest absolute Gasteiger partial charge is 0.259 e. The molecule has 5 heteroatoms. The molecule has 0 bridgehead atoms. The number of carbonyl (C=O) groups is 1. The van der Waals surface area contributed by atoms with Crippen molar-refractivity contribution in [2.45, 2.75) is 6.92 Å². The molecule has 2 rings (SSSR count). The summed E-state index contributed by atoms with van der Waals surface area (Å²) in [5.41, 5.74) is 1.19. The zero-order valence-corrected chi connectivity index (χ0v) is 13.4. The van der Waals surface area contributed by atoms with Crippen LogP contribution in [0.25, 0.3) is 0 Å². The van der Waals surface area contributed by atoms with Crippen LogP contribution in [0.1, 0.15) is 17.3 Å². The number of anilines is 1. The summed E-state index contributed by atoms with van der Waals surface area (Å²) in [6.07, 6.45) is 0. The molecule has 0 spiro atoms. The van der Waals surface area contributed by atoms with Gasteiger partial charge in [-0.05, 0) is 43.3 Å². The Kier molecular flexibility index (Phi) is 6.44. The minimum absolute atomic E-state index is 0.215. The van der Waals surface area contributed by atoms with Crippen molar-refractivity contribution in [3.05, 3.63) is 54.1 Å². The Morgan fingerprint density at radius 2 is 1.78 bits per heavy atom. The van der Waals surface area contributed by atoms with Crippen molar-refractivity contribution >= 4 is 11.6 Å². The standard InChI is InChI=1S/C18H21NO4/c1-3-22-12-13-23-15-10-8-14(9-11-15)19-18(20)16-6-4-5-7-17(16)21-2/h4-11H,3,12-13H2,1-2H3,(H,19,20). The van der Waals surface area contributed by atoms with Gasteiger partial charge in [0.1, 0.15) is 18.1 Å². The number of rotatable bonds is 8. The van der Waals surface area contributed by atoms with Gasteiger partial charge in [0, 0.05) is 12.3 Å². The molecule has 2 aromatic carbocycles. The fourth-order valence-electron chi connectivity index (χ4n) is 2.03. The Labute approximate surface area is 136 Å². The summed E-state index contributed by atoms with van der Waals surface area (Å²) >= 11 is 0. The molecule has 0 radical (unpaired) electrons. The number of para-hydroxylation sites is 1. The lowest BCUT2D eigenvalue weighted by Gasteiger charge is -2.10. The van der Waals surface area contributed by atoms with E-state index < -0.39 is 0 Å². The van der Waals surface area contributed by atoms with Gasteiger partial charge >= 0.3 is 0 Å². The predicted molar refractivity (Wildman–Crippen MR) is 89.4 cm³/mol. The molecule has 2 aromatic rings. The summed E-state index contributed by atoms with van der Waals surface area (Å²) in [5.74, 6) is 1.06. The zero-order chi connectivity index (χ0) is 16.5. The summed E-state index contributed by atoms with van der Waals surface area (Å²) in [5, 5.41) is 2.84. The number of benzene rings is 2. The van der Waals surface area contributed by atoms with E-state index in [0.29, 0.717) is 36.8 Å². The summed E-state index contributed by atoms with van der Waals surface area (Å²) < 4.78 is 15.9. The molecule has 5 nitrogen and oxygen atoms in total. The molecule has 0 aliphatic heterocycles. The van der Waals surface area contributed by atoms with E-state index in [2.05, 4.69) is 5.32 Å². The van der Waals surface area contributed by atoms with Crippen LogP contribution < -0.4 is 14.8 Å². The first-order valence-electron chi connectivity index (χ1n) is 7.49. The lowest BCUT2D eigenvalue weighted by molar-refractivity contribution is 0.102. The minimum atomic E-state index is -0.215. The van der Waals surface area contributed by atoms with Gasteiger partial charge in [0.05, 0.1) is 19.3 Å². The van der Waals surface area contributed by atoms with Gasteiger partial charge in [0.2, 0.25) is 0 Å². The van der Waals surface area contributed by atoms with Crippen LogP contribution in [0.2, 0.25) is 0 Å². The van der Waals surface area contributed by atoms with Crippen molar-refractivity contribution in [1.82, 2.24) is 0 Å². The summed E-state index contributed by atoms with van der Waals surface area (Å²) in [6, 6.07) is 14.3. The fourth-order valence-corrected chi connectivity index (χ4v) is 2.03. The van der Waals surface area contributed by atoms with E-state index >= 15 is 0 Å². The van der Waals surface area contributed by atoms with Crippen LogP contribution >= 0.6 is 0 Å². The van der Waals surface area contributed by atoms with Gasteiger partial charge < -0.3 is 19.5 Å². The van der Waals surface area contributed by atoms with Crippen molar-refractivity contribution < 1.29 is 19.0 Å². The van der Waals surface area contributed by atoms with E-state index in [9.17, 15) is 4.79 Å². The molecule has 0 aromatic heterocycles. The number of hydrogen-bond donors (Lipinski definition) is 1. The molecular formula is C18H21NO4. The highest BCUT2D eigenvalue weighted by Gasteiger charge is 2.11. The Morgan fingerprint density at radius 1 is 1.04 bits per heavy atom. The number of ether oxygens (including phenoxy) is 3. The van der Waals surface area contributed by atoms with Crippen LogP contribution in [0.4, 0.5) is 5.69 Å². The Hall–Kier alpha value is -2.53.